The zero-order valence-electron chi connectivity index (χ0n) is 9.99. The van der Waals surface area contributed by atoms with Gasteiger partial charge in [0, 0.05) is 6.04 Å². The lowest BCUT2D eigenvalue weighted by molar-refractivity contribution is 0.428. The zero-order valence-corrected chi connectivity index (χ0v) is 10.8. The number of nitrogens with two attached hydrogens (primary N) is 1. The first-order valence-electron chi connectivity index (χ1n) is 5.63. The molecule has 5 heteroatoms. The molecule has 1 atom stereocenters. The number of hydrogen-bond donors (Lipinski definition) is 2. The number of rotatable bonds is 8. The fourth-order valence-corrected chi connectivity index (χ4v) is 2.97. The number of hydrogen-bond acceptors (Lipinski definition) is 3. The quantitative estimate of drug-likeness (QED) is 0.662. The zero-order chi connectivity index (χ0) is 11.9. The summed E-state index contributed by atoms with van der Waals surface area (Å²) < 4.78 is 26.0. The van der Waals surface area contributed by atoms with Crippen LogP contribution in [0.5, 0.6) is 0 Å². The maximum atomic E-state index is 11.6. The van der Waals surface area contributed by atoms with Crippen LogP contribution in [0, 0.1) is 5.92 Å². The van der Waals surface area contributed by atoms with Crippen molar-refractivity contribution in [3.8, 4) is 0 Å². The van der Waals surface area contributed by atoms with Gasteiger partial charge in [-0.05, 0) is 25.3 Å². The van der Waals surface area contributed by atoms with Gasteiger partial charge in [-0.25, -0.2) is 13.1 Å². The van der Waals surface area contributed by atoms with Crippen molar-refractivity contribution < 1.29 is 8.42 Å². The molecule has 1 unspecified atom stereocenters. The molecular weight excluding hydrogens is 212 g/mol. The summed E-state index contributed by atoms with van der Waals surface area (Å²) in [5, 5.41) is 0. The molecule has 92 valence electrons. The molecule has 0 heterocycles. The van der Waals surface area contributed by atoms with Crippen LogP contribution in [0.15, 0.2) is 0 Å². The van der Waals surface area contributed by atoms with E-state index >= 15 is 0 Å². The molecule has 0 aromatic carbocycles. The van der Waals surface area contributed by atoms with Gasteiger partial charge in [-0.15, -0.1) is 0 Å². The Morgan fingerprint density at radius 3 is 2.33 bits per heavy atom. The third-order valence-electron chi connectivity index (χ3n) is 2.38. The number of nitrogens with one attached hydrogen (secondary N) is 1. The van der Waals surface area contributed by atoms with E-state index in [1.54, 1.807) is 0 Å². The van der Waals surface area contributed by atoms with Crippen molar-refractivity contribution in [1.82, 2.24) is 4.72 Å². The van der Waals surface area contributed by atoms with E-state index in [2.05, 4.69) is 4.72 Å². The van der Waals surface area contributed by atoms with E-state index in [1.807, 2.05) is 20.8 Å². The van der Waals surface area contributed by atoms with Gasteiger partial charge in [0.25, 0.3) is 0 Å². The highest BCUT2D eigenvalue weighted by Crippen LogP contribution is 2.07. The molecule has 0 amide bonds. The first-order chi connectivity index (χ1) is 6.93. The lowest BCUT2D eigenvalue weighted by Gasteiger charge is -2.21. The molecule has 0 saturated heterocycles. The van der Waals surface area contributed by atoms with Crippen molar-refractivity contribution in [3.05, 3.63) is 0 Å². The molecule has 0 radical (unpaired) electrons. The summed E-state index contributed by atoms with van der Waals surface area (Å²) in [7, 11) is -3.12. The summed E-state index contributed by atoms with van der Waals surface area (Å²) in [5.41, 5.74) is 5.45. The molecule has 0 bridgehead atoms. The summed E-state index contributed by atoms with van der Waals surface area (Å²) in [4.78, 5) is 0. The largest absolute Gasteiger partial charge is 0.330 e. The first kappa shape index (κ1) is 14.9. The highest BCUT2D eigenvalue weighted by atomic mass is 32.2. The lowest BCUT2D eigenvalue weighted by Crippen LogP contribution is -2.40. The fraction of sp³-hybridized carbons (Fsp3) is 1.00. The van der Waals surface area contributed by atoms with Crippen LogP contribution >= 0.6 is 0 Å². The van der Waals surface area contributed by atoms with Crippen LogP contribution in [0.2, 0.25) is 0 Å². The van der Waals surface area contributed by atoms with Gasteiger partial charge in [0.2, 0.25) is 10.0 Å². The monoisotopic (exact) mass is 236 g/mol. The van der Waals surface area contributed by atoms with Crippen LogP contribution in [-0.2, 0) is 10.0 Å². The summed E-state index contributed by atoms with van der Waals surface area (Å²) in [6.07, 6.45) is 2.30. The van der Waals surface area contributed by atoms with Gasteiger partial charge >= 0.3 is 0 Å². The highest BCUT2D eigenvalue weighted by Gasteiger charge is 2.19. The molecule has 0 aliphatic carbocycles. The molecule has 0 saturated carbocycles. The predicted molar refractivity (Wildman–Crippen MR) is 64.1 cm³/mol. The Kier molecular flexibility index (Phi) is 7.13. The molecule has 0 fully saturated rings. The molecule has 3 N–H and O–H groups in total. The van der Waals surface area contributed by atoms with Gasteiger partial charge in [0.05, 0.1) is 5.75 Å². The van der Waals surface area contributed by atoms with E-state index in [9.17, 15) is 8.42 Å². The van der Waals surface area contributed by atoms with Gasteiger partial charge in [0.15, 0.2) is 0 Å². The van der Waals surface area contributed by atoms with Gasteiger partial charge in [-0.3, -0.25) is 0 Å². The van der Waals surface area contributed by atoms with E-state index in [-0.39, 0.29) is 17.7 Å². The van der Waals surface area contributed by atoms with Gasteiger partial charge in [-0.2, -0.15) is 0 Å². The van der Waals surface area contributed by atoms with Crippen molar-refractivity contribution in [2.45, 2.75) is 46.1 Å². The Hall–Kier alpha value is -0.130. The fourth-order valence-electron chi connectivity index (χ4n) is 1.33. The van der Waals surface area contributed by atoms with E-state index < -0.39 is 10.0 Å². The Bertz CT molecular complexity index is 250. The van der Waals surface area contributed by atoms with Crippen molar-refractivity contribution in [2.75, 3.05) is 12.3 Å². The third kappa shape index (κ3) is 6.87. The summed E-state index contributed by atoms with van der Waals surface area (Å²) >= 11 is 0. The predicted octanol–water partition coefficient (Wildman–Crippen LogP) is 1.08. The second kappa shape index (κ2) is 7.19. The minimum Gasteiger partial charge on any atom is -0.330 e. The standard InChI is InChI=1S/C10H24N2O2S/c1-4-5-8-15(13,14)12-10(6-7-11)9(2)3/h9-10,12H,4-8,11H2,1-3H3. The average molecular weight is 236 g/mol. The van der Waals surface area contributed by atoms with Crippen LogP contribution in [0.1, 0.15) is 40.0 Å². The Morgan fingerprint density at radius 1 is 1.33 bits per heavy atom. The van der Waals surface area contributed by atoms with Crippen LogP contribution in [0.25, 0.3) is 0 Å². The van der Waals surface area contributed by atoms with Crippen molar-refractivity contribution in [1.29, 1.82) is 0 Å². The molecular formula is C10H24N2O2S. The molecule has 0 aliphatic rings. The topological polar surface area (TPSA) is 72.2 Å². The van der Waals surface area contributed by atoms with Crippen molar-refractivity contribution >= 4 is 10.0 Å². The Labute approximate surface area is 93.7 Å². The minimum atomic E-state index is -3.12. The number of unbranched alkanes of at least 4 members (excludes halogenated alkanes) is 1. The molecule has 0 aromatic heterocycles. The normalized spacial score (nSPS) is 14.5. The molecule has 4 nitrogen and oxygen atoms in total. The third-order valence-corrected chi connectivity index (χ3v) is 3.87. The van der Waals surface area contributed by atoms with E-state index in [0.29, 0.717) is 19.4 Å². The number of sulfonamides is 1. The van der Waals surface area contributed by atoms with Crippen LogP contribution in [0.4, 0.5) is 0 Å². The SMILES string of the molecule is CCCCS(=O)(=O)NC(CCN)C(C)C. The van der Waals surface area contributed by atoms with Crippen LogP contribution in [-0.4, -0.2) is 26.8 Å². The molecule has 0 rings (SSSR count). The van der Waals surface area contributed by atoms with Crippen LogP contribution < -0.4 is 10.5 Å². The molecule has 0 aromatic rings. The Balaban J connectivity index is 4.25. The second-order valence-corrected chi connectivity index (χ2v) is 6.09. The maximum absolute atomic E-state index is 11.6. The first-order valence-corrected chi connectivity index (χ1v) is 7.28. The van der Waals surface area contributed by atoms with Crippen LogP contribution in [0.3, 0.4) is 0 Å². The maximum Gasteiger partial charge on any atom is 0.211 e. The van der Waals surface area contributed by atoms with E-state index in [1.165, 1.54) is 0 Å². The summed E-state index contributed by atoms with van der Waals surface area (Å²) in [5.74, 6) is 0.502. The lowest BCUT2D eigenvalue weighted by atomic mass is 10.0. The van der Waals surface area contributed by atoms with E-state index in [0.717, 1.165) is 6.42 Å². The van der Waals surface area contributed by atoms with Gasteiger partial charge in [0.1, 0.15) is 0 Å². The molecule has 15 heavy (non-hydrogen) atoms. The molecule has 0 spiro atoms. The summed E-state index contributed by atoms with van der Waals surface area (Å²) in [6.45, 7) is 6.50. The second-order valence-electron chi connectivity index (χ2n) is 4.22. The molecule has 0 aliphatic heterocycles. The van der Waals surface area contributed by atoms with E-state index in [4.69, 9.17) is 5.73 Å². The Morgan fingerprint density at radius 2 is 1.93 bits per heavy atom. The highest BCUT2D eigenvalue weighted by molar-refractivity contribution is 7.89. The average Bonchev–Trinajstić information content (AvgIpc) is 2.14. The van der Waals surface area contributed by atoms with Crippen molar-refractivity contribution in [2.24, 2.45) is 11.7 Å². The van der Waals surface area contributed by atoms with Gasteiger partial charge in [-0.1, -0.05) is 27.2 Å². The minimum absolute atomic E-state index is 0.0307. The summed E-state index contributed by atoms with van der Waals surface area (Å²) in [6, 6.07) is -0.0307. The van der Waals surface area contributed by atoms with Gasteiger partial charge < -0.3 is 5.73 Å². The van der Waals surface area contributed by atoms with Crippen molar-refractivity contribution in [3.63, 3.8) is 0 Å². The smallest absolute Gasteiger partial charge is 0.211 e.